The monoisotopic (exact) mass is 2090 g/mol. The van der Waals surface area contributed by atoms with Crippen molar-refractivity contribution in [3.63, 3.8) is 0 Å². The molecule has 29 heteroatoms. The Bertz CT molecular complexity index is 3380. The van der Waals surface area contributed by atoms with Crippen LogP contribution in [0.2, 0.25) is 0 Å². The van der Waals surface area contributed by atoms with E-state index < -0.39 is 0 Å². The second kappa shape index (κ2) is 95.2. The molecule has 0 saturated heterocycles. The van der Waals surface area contributed by atoms with E-state index in [1.54, 1.807) is 0 Å². The van der Waals surface area contributed by atoms with Crippen LogP contribution in [0.5, 0.6) is 51.7 Å². The maximum Gasteiger partial charge on any atom is 0.245 e. The highest BCUT2D eigenvalue weighted by atomic mass is 17.2. The summed E-state index contributed by atoms with van der Waals surface area (Å²) < 4.78 is 148. The number of furan rings is 1. The largest absolute Gasteiger partial charge is 0.491 e. The van der Waals surface area contributed by atoms with Gasteiger partial charge in [0.2, 0.25) is 11.5 Å². The van der Waals surface area contributed by atoms with Crippen molar-refractivity contribution in [1.82, 2.24) is 0 Å². The molecule has 0 amide bonds. The molecule has 4 aromatic carbocycles. The van der Waals surface area contributed by atoms with Gasteiger partial charge in [-0.15, -0.1) is 13.2 Å². The maximum absolute atomic E-state index is 5.79. The maximum atomic E-state index is 5.79. The first kappa shape index (κ1) is 144. The zero-order valence-electron chi connectivity index (χ0n) is 98.7. The van der Waals surface area contributed by atoms with Crippen LogP contribution in [-0.2, 0) is 95.6 Å². The zero-order chi connectivity index (χ0) is 111. The highest BCUT2D eigenvalue weighted by Gasteiger charge is 2.25. The lowest BCUT2D eigenvalue weighted by Crippen LogP contribution is -2.29. The highest BCUT2D eigenvalue weighted by molar-refractivity contribution is 5.43. The van der Waals surface area contributed by atoms with Crippen LogP contribution in [0.1, 0.15) is 299 Å². The lowest BCUT2D eigenvalue weighted by Gasteiger charge is -2.30. The molecule has 0 radical (unpaired) electrons. The molecular formula is C118H212O29. The van der Waals surface area contributed by atoms with Gasteiger partial charge in [-0.2, -0.15) is 4.89 Å². The zero-order valence-corrected chi connectivity index (χ0v) is 98.7. The highest BCUT2D eigenvalue weighted by Crippen LogP contribution is 2.35. The molecule has 0 atom stereocenters. The molecule has 0 N–H and O–H groups in total. The van der Waals surface area contributed by atoms with Gasteiger partial charge < -0.3 is 132 Å². The molecule has 1 fully saturated rings. The molecule has 858 valence electrons. The van der Waals surface area contributed by atoms with E-state index in [1.807, 2.05) is 247 Å². The number of ether oxygens (including phenoxy) is 26. The predicted octanol–water partition coefficient (Wildman–Crippen LogP) is 26.1. The summed E-state index contributed by atoms with van der Waals surface area (Å²) in [7, 11) is 0. The molecule has 1 aliphatic carbocycles. The number of benzene rings is 4. The minimum Gasteiger partial charge on any atom is -0.491 e. The van der Waals surface area contributed by atoms with Crippen LogP contribution in [0.15, 0.2) is 121 Å². The van der Waals surface area contributed by atoms with Crippen LogP contribution in [0.3, 0.4) is 0 Å². The second-order valence-corrected chi connectivity index (χ2v) is 39.5. The summed E-state index contributed by atoms with van der Waals surface area (Å²) in [6.07, 6.45) is 15.0. The molecule has 1 aromatic heterocycles. The van der Waals surface area contributed by atoms with Gasteiger partial charge in [0.1, 0.15) is 106 Å². The number of unbranched alkanes of at least 4 members (excludes halogenated alkanes) is 1. The van der Waals surface area contributed by atoms with Gasteiger partial charge in [-0.25, -0.2) is 0 Å². The Kier molecular flexibility index (Phi) is 93.6. The third kappa shape index (κ3) is 96.1. The minimum absolute atomic E-state index is 0.0259. The van der Waals surface area contributed by atoms with Crippen molar-refractivity contribution in [2.24, 2.45) is 0 Å². The van der Waals surface area contributed by atoms with E-state index in [0.717, 1.165) is 74.7 Å². The molecule has 1 aliphatic rings. The van der Waals surface area contributed by atoms with Crippen LogP contribution in [0.4, 0.5) is 0 Å². The SMILES string of the molecule is C=C.CC(C)OC1CCC(OC(C)C)CC1.CC(C)OCCCCOC(C)C.CC(C)OCCOC(C)C.CC(C)OCCOCCOCCOC(C)C.CC(C)OCCOc1cc(OCCOC(C)C)cc(OCCOC(C)C)c1.CC(C)OCCOc1ccc(C(C)(C)c2ccc(OCCOC(C)C)cc2)cc1.CC(C)OCCOc1cccc(OCCOC(C)C)c1.CC(C)OCCOc1cocc1OOC(C)C. The van der Waals surface area contributed by atoms with Crippen LogP contribution in [0, 0.1) is 0 Å². The summed E-state index contributed by atoms with van der Waals surface area (Å²) in [6.45, 7) is 94.5. The van der Waals surface area contributed by atoms with E-state index >= 15 is 0 Å². The summed E-state index contributed by atoms with van der Waals surface area (Å²) in [6, 6.07) is 29.8. The van der Waals surface area contributed by atoms with Crippen molar-refractivity contribution in [3.05, 3.63) is 128 Å². The van der Waals surface area contributed by atoms with Gasteiger partial charge in [0, 0.05) is 42.9 Å². The van der Waals surface area contributed by atoms with E-state index in [1.165, 1.54) is 23.7 Å². The number of hydrogen-bond donors (Lipinski definition) is 0. The molecule has 1 saturated carbocycles. The van der Waals surface area contributed by atoms with Gasteiger partial charge in [0.15, 0.2) is 0 Å². The number of hydrogen-bond acceptors (Lipinski definition) is 29. The quantitative estimate of drug-likeness (QED) is 0.0151. The Labute approximate surface area is 893 Å². The first-order chi connectivity index (χ1) is 69.8. The van der Waals surface area contributed by atoms with Crippen LogP contribution >= 0.6 is 0 Å². The molecule has 1 heterocycles. The van der Waals surface area contributed by atoms with Gasteiger partial charge >= 0.3 is 0 Å². The Morgan fingerprint density at radius 3 is 0.694 bits per heavy atom. The molecule has 0 aliphatic heterocycles. The van der Waals surface area contributed by atoms with Crippen molar-refractivity contribution >= 4 is 0 Å². The van der Waals surface area contributed by atoms with Gasteiger partial charge in [-0.3, -0.25) is 0 Å². The second-order valence-electron chi connectivity index (χ2n) is 39.5. The van der Waals surface area contributed by atoms with Gasteiger partial charge in [-0.05, 0) is 321 Å². The smallest absolute Gasteiger partial charge is 0.245 e. The molecule has 0 unspecified atom stereocenters. The minimum atomic E-state index is -0.113. The first-order valence-corrected chi connectivity index (χ1v) is 54.2. The molecule has 5 aromatic rings. The Morgan fingerprint density at radius 2 is 0.442 bits per heavy atom. The normalized spacial score (nSPS) is 13.0. The van der Waals surface area contributed by atoms with E-state index in [-0.39, 0.29) is 72.6 Å². The van der Waals surface area contributed by atoms with E-state index in [4.69, 9.17) is 137 Å². The average molecular weight is 2090 g/mol. The van der Waals surface area contributed by atoms with E-state index in [0.29, 0.717) is 236 Å². The topological polar surface area (TPSA) is 272 Å². The summed E-state index contributed by atoms with van der Waals surface area (Å²) in [4.78, 5) is 10.1. The standard InChI is InChI=1S/C25H36O4.C21H36O6.C16H26O4.C12H20O5.C12H26O4.C12H24O2.C10H22O2.C8H18O2.C2H4/c1-19(2)26-15-17-28-23-11-7-21(8-12-23)25(5,6)22-9-13-24(14-10-22)29-18-16-27-20(3)4;1-16(2)22-7-10-25-19-13-20(26-11-8-23-17(3)4)15-21(14-19)27-12-9-24-18(5)6;1-13(2)17-8-10-19-15-6-5-7-16(12-15)20-11-9-18-14(3)4;1-9(2)14-5-6-15-11-7-13-8-12(11)17-16-10(3)4;1-11(2)15-9-7-13-5-6-14-8-10-16-12(3)4;1-9(2)13-11-5-7-12(8-6-11)14-10(3)4;1-9(2)11-7-5-6-8-12-10(3)4;1-7(2)9-5-6-10-8(3)4;1-2/h7-14,19-20H,15-18H2,1-6H3;13-18H,7-12H2,1-6H3;5-7,12-14H,8-11H2,1-4H3;7-10H,5-6H2,1-4H3;11-12H,5-10H2,1-4H3;9-12H,5-8H2,1-4H3;9-10H,5-8H2,1-4H3;7-8H,5-6H2,1-4H3;1-2H2. The lowest BCUT2D eigenvalue weighted by atomic mass is 9.78. The fourth-order valence-electron chi connectivity index (χ4n) is 12.2. The van der Waals surface area contributed by atoms with Crippen LogP contribution < -0.4 is 42.8 Å². The van der Waals surface area contributed by atoms with Crippen LogP contribution in [-0.4, -0.2) is 288 Å². The number of rotatable bonds is 72. The third-order valence-electron chi connectivity index (χ3n) is 18.9. The van der Waals surface area contributed by atoms with Gasteiger partial charge in [0.05, 0.1) is 222 Å². The summed E-state index contributed by atoms with van der Waals surface area (Å²) in [5, 5.41) is 0. The van der Waals surface area contributed by atoms with Crippen molar-refractivity contribution in [1.29, 1.82) is 0 Å². The fraction of sp³-hybridized carbons (Fsp3) is 0.746. The van der Waals surface area contributed by atoms with Crippen molar-refractivity contribution in [2.75, 3.05) is 172 Å². The van der Waals surface area contributed by atoms with Crippen molar-refractivity contribution in [3.8, 4) is 51.7 Å². The van der Waals surface area contributed by atoms with E-state index in [9.17, 15) is 0 Å². The molecule has 0 bridgehead atoms. The summed E-state index contributed by atoms with van der Waals surface area (Å²) >= 11 is 0. The molecular weight excluding hydrogens is 1880 g/mol. The summed E-state index contributed by atoms with van der Waals surface area (Å²) in [5.74, 6) is 6.31. The van der Waals surface area contributed by atoms with Crippen molar-refractivity contribution < 1.29 is 137 Å². The third-order valence-corrected chi connectivity index (χ3v) is 18.9. The summed E-state index contributed by atoms with van der Waals surface area (Å²) in [5.41, 5.74) is 2.36. The lowest BCUT2D eigenvalue weighted by molar-refractivity contribution is -0.235. The Balaban J connectivity index is -0.00000164. The molecule has 147 heavy (non-hydrogen) atoms. The molecule has 6 rings (SSSR count). The predicted molar refractivity (Wildman–Crippen MR) is 593 cm³/mol. The Morgan fingerprint density at radius 1 is 0.231 bits per heavy atom. The average Bonchev–Trinajstić information content (AvgIpc) is 1.45. The van der Waals surface area contributed by atoms with Gasteiger partial charge in [0.25, 0.3) is 0 Å². The van der Waals surface area contributed by atoms with Gasteiger partial charge in [-0.1, -0.05) is 44.2 Å². The fourth-order valence-corrected chi connectivity index (χ4v) is 12.2. The van der Waals surface area contributed by atoms with E-state index in [2.05, 4.69) is 107 Å². The first-order valence-electron chi connectivity index (χ1n) is 54.2. The van der Waals surface area contributed by atoms with Crippen molar-refractivity contribution in [2.45, 2.75) is 409 Å². The molecule has 0 spiro atoms. The van der Waals surface area contributed by atoms with Crippen LogP contribution in [0.25, 0.3) is 0 Å². The molecule has 29 nitrogen and oxygen atoms in total. The Hall–Kier alpha value is -6.66.